The third kappa shape index (κ3) is 3.02. The van der Waals surface area contributed by atoms with Gasteiger partial charge in [-0.3, -0.25) is 4.79 Å². The van der Waals surface area contributed by atoms with E-state index in [1.807, 2.05) is 6.92 Å². The Bertz CT molecular complexity index is 424. The lowest BCUT2D eigenvalue weighted by Gasteiger charge is -2.05. The molecule has 0 aliphatic rings. The molecule has 6 N–H and O–H groups in total. The van der Waals surface area contributed by atoms with Gasteiger partial charge in [-0.2, -0.15) is 0 Å². The summed E-state index contributed by atoms with van der Waals surface area (Å²) in [5.74, 6) is -0.413. The maximum absolute atomic E-state index is 11.2. The van der Waals surface area contributed by atoms with Crippen LogP contribution >= 0.6 is 0 Å². The number of rotatable bonds is 4. The summed E-state index contributed by atoms with van der Waals surface area (Å²) in [5, 5.41) is 0. The van der Waals surface area contributed by atoms with Crippen LogP contribution in [0.1, 0.15) is 25.3 Å². The van der Waals surface area contributed by atoms with Gasteiger partial charge in [-0.1, -0.05) is 13.3 Å². The fourth-order valence-corrected chi connectivity index (χ4v) is 1.44. The van der Waals surface area contributed by atoms with Gasteiger partial charge >= 0.3 is 0 Å². The molecule has 0 radical (unpaired) electrons. The highest BCUT2D eigenvalue weighted by Gasteiger charge is 2.05. The molecular weight excluding hydrogens is 202 g/mol. The summed E-state index contributed by atoms with van der Waals surface area (Å²) < 4.78 is 0. The highest BCUT2D eigenvalue weighted by molar-refractivity contribution is 5.97. The molecule has 0 bridgehead atoms. The van der Waals surface area contributed by atoms with Crippen LogP contribution in [-0.4, -0.2) is 5.91 Å². The Morgan fingerprint density at radius 1 is 1.38 bits per heavy atom. The van der Waals surface area contributed by atoms with E-state index in [9.17, 15) is 4.79 Å². The van der Waals surface area contributed by atoms with Crippen molar-refractivity contribution in [1.29, 1.82) is 0 Å². The molecule has 0 aliphatic heterocycles. The van der Waals surface area contributed by atoms with Gasteiger partial charge in [0.25, 0.3) is 0 Å². The molecule has 0 unspecified atom stereocenters. The molecule has 1 amide bonds. The summed E-state index contributed by atoms with van der Waals surface area (Å²) in [4.78, 5) is 11.2. The lowest BCUT2D eigenvalue weighted by atomic mass is 10.0. The Morgan fingerprint density at radius 3 is 2.62 bits per heavy atom. The molecule has 0 fully saturated rings. The van der Waals surface area contributed by atoms with Gasteiger partial charge < -0.3 is 17.2 Å². The third-order valence-electron chi connectivity index (χ3n) is 2.28. The first-order valence-corrected chi connectivity index (χ1v) is 5.20. The van der Waals surface area contributed by atoms with Crippen LogP contribution in [0.2, 0.25) is 0 Å². The zero-order valence-corrected chi connectivity index (χ0v) is 9.36. The number of primary amides is 1. The second kappa shape index (κ2) is 5.21. The number of benzene rings is 1. The van der Waals surface area contributed by atoms with Crippen LogP contribution in [0.15, 0.2) is 23.8 Å². The van der Waals surface area contributed by atoms with Crippen molar-refractivity contribution < 1.29 is 4.79 Å². The second-order valence-electron chi connectivity index (χ2n) is 3.67. The molecule has 0 aliphatic carbocycles. The van der Waals surface area contributed by atoms with Crippen molar-refractivity contribution in [3.63, 3.8) is 0 Å². The Hall–Kier alpha value is -1.97. The fraction of sp³-hybridized carbons (Fsp3) is 0.250. The largest absolute Gasteiger partial charge is 0.399 e. The Morgan fingerprint density at radius 2 is 2.06 bits per heavy atom. The van der Waals surface area contributed by atoms with Crippen molar-refractivity contribution in [2.75, 3.05) is 11.5 Å². The van der Waals surface area contributed by atoms with E-state index in [0.717, 1.165) is 12.0 Å². The van der Waals surface area contributed by atoms with E-state index in [0.29, 0.717) is 23.4 Å². The van der Waals surface area contributed by atoms with Gasteiger partial charge in [0.1, 0.15) is 0 Å². The molecule has 0 aromatic heterocycles. The minimum Gasteiger partial charge on any atom is -0.399 e. The molecule has 0 saturated heterocycles. The zero-order chi connectivity index (χ0) is 12.1. The van der Waals surface area contributed by atoms with Crippen molar-refractivity contribution in [2.45, 2.75) is 19.8 Å². The van der Waals surface area contributed by atoms with Crippen molar-refractivity contribution in [3.8, 4) is 0 Å². The number of hydrogen-bond donors (Lipinski definition) is 3. The summed E-state index contributed by atoms with van der Waals surface area (Å²) in [6.45, 7) is 1.99. The summed E-state index contributed by atoms with van der Waals surface area (Å²) in [7, 11) is 0. The van der Waals surface area contributed by atoms with Crippen molar-refractivity contribution in [3.05, 3.63) is 29.3 Å². The molecule has 0 heterocycles. The normalized spacial score (nSPS) is 11.4. The number of carbonyl (C=O) groups excluding carboxylic acids is 1. The standard InChI is InChI=1S/C12H17N3O/c1-2-3-8(12(15)16)6-9-7-10(13)4-5-11(9)14/h4-7H,2-3,13-14H2,1H3,(H2,15,16)/b8-6+. The summed E-state index contributed by atoms with van der Waals surface area (Å²) in [6.07, 6.45) is 3.21. The van der Waals surface area contributed by atoms with E-state index < -0.39 is 5.91 Å². The number of anilines is 2. The van der Waals surface area contributed by atoms with Crippen LogP contribution in [0.25, 0.3) is 6.08 Å². The maximum Gasteiger partial charge on any atom is 0.244 e. The summed E-state index contributed by atoms with van der Waals surface area (Å²) in [6, 6.07) is 5.16. The van der Waals surface area contributed by atoms with E-state index in [1.165, 1.54) is 0 Å². The third-order valence-corrected chi connectivity index (χ3v) is 2.28. The van der Waals surface area contributed by atoms with Crippen molar-refractivity contribution in [2.24, 2.45) is 5.73 Å². The molecule has 4 nitrogen and oxygen atoms in total. The molecule has 86 valence electrons. The van der Waals surface area contributed by atoms with E-state index in [-0.39, 0.29) is 0 Å². The van der Waals surface area contributed by atoms with Crippen molar-refractivity contribution in [1.82, 2.24) is 0 Å². The van der Waals surface area contributed by atoms with Crippen LogP contribution in [0, 0.1) is 0 Å². The average molecular weight is 219 g/mol. The Labute approximate surface area is 95.1 Å². The minimum atomic E-state index is -0.413. The first-order chi connectivity index (χ1) is 7.54. The lowest BCUT2D eigenvalue weighted by molar-refractivity contribution is -0.114. The van der Waals surface area contributed by atoms with Crippen LogP contribution in [0.5, 0.6) is 0 Å². The van der Waals surface area contributed by atoms with Crippen LogP contribution in [0.3, 0.4) is 0 Å². The van der Waals surface area contributed by atoms with Crippen LogP contribution < -0.4 is 17.2 Å². The van der Waals surface area contributed by atoms with Gasteiger partial charge in [0.15, 0.2) is 0 Å². The molecule has 4 heteroatoms. The highest BCUT2D eigenvalue weighted by atomic mass is 16.1. The number of hydrogen-bond acceptors (Lipinski definition) is 3. The monoisotopic (exact) mass is 219 g/mol. The van der Waals surface area contributed by atoms with Crippen LogP contribution in [0.4, 0.5) is 11.4 Å². The predicted molar refractivity (Wildman–Crippen MR) is 67.3 cm³/mol. The predicted octanol–water partition coefficient (Wildman–Crippen LogP) is 1.52. The fourth-order valence-electron chi connectivity index (χ4n) is 1.44. The molecule has 1 aromatic rings. The maximum atomic E-state index is 11.2. The lowest BCUT2D eigenvalue weighted by Crippen LogP contribution is -2.13. The average Bonchev–Trinajstić information content (AvgIpc) is 2.22. The van der Waals surface area contributed by atoms with E-state index in [4.69, 9.17) is 17.2 Å². The van der Waals surface area contributed by atoms with Crippen molar-refractivity contribution >= 4 is 23.4 Å². The number of nitrogen functional groups attached to an aromatic ring is 2. The molecule has 1 rings (SSSR count). The van der Waals surface area contributed by atoms with E-state index in [1.54, 1.807) is 24.3 Å². The SMILES string of the molecule is CCC/C(=C\c1cc(N)ccc1N)C(N)=O. The number of nitrogens with two attached hydrogens (primary N) is 3. The molecule has 0 saturated carbocycles. The topological polar surface area (TPSA) is 95.1 Å². The van der Waals surface area contributed by atoms with Gasteiger partial charge in [0.05, 0.1) is 0 Å². The Balaban J connectivity index is 3.11. The van der Waals surface area contributed by atoms with Gasteiger partial charge in [0, 0.05) is 16.9 Å². The van der Waals surface area contributed by atoms with E-state index >= 15 is 0 Å². The molecule has 1 aromatic carbocycles. The first-order valence-electron chi connectivity index (χ1n) is 5.20. The molecular formula is C12H17N3O. The molecule has 16 heavy (non-hydrogen) atoms. The highest BCUT2D eigenvalue weighted by Crippen LogP contribution is 2.20. The number of amides is 1. The molecule has 0 atom stereocenters. The number of carbonyl (C=O) groups is 1. The van der Waals surface area contributed by atoms with Gasteiger partial charge in [0.2, 0.25) is 5.91 Å². The smallest absolute Gasteiger partial charge is 0.244 e. The first kappa shape index (κ1) is 12.1. The zero-order valence-electron chi connectivity index (χ0n) is 9.36. The summed E-state index contributed by atoms with van der Waals surface area (Å²) >= 11 is 0. The van der Waals surface area contributed by atoms with Crippen LogP contribution in [-0.2, 0) is 4.79 Å². The van der Waals surface area contributed by atoms with Gasteiger partial charge in [-0.05, 0) is 36.3 Å². The van der Waals surface area contributed by atoms with Gasteiger partial charge in [-0.15, -0.1) is 0 Å². The quantitative estimate of drug-likeness (QED) is 0.529. The van der Waals surface area contributed by atoms with E-state index in [2.05, 4.69) is 0 Å². The van der Waals surface area contributed by atoms with Gasteiger partial charge in [-0.25, -0.2) is 0 Å². The Kier molecular flexibility index (Phi) is 3.94. The molecule has 0 spiro atoms. The minimum absolute atomic E-state index is 0.413. The second-order valence-corrected chi connectivity index (χ2v) is 3.67. The summed E-state index contributed by atoms with van der Waals surface area (Å²) in [5.41, 5.74) is 19.2.